The number of likely N-dealkylation sites (tertiary alicyclic amines) is 1. The number of hydrogen-bond acceptors (Lipinski definition) is 8. The number of ether oxygens (including phenoxy) is 3. The fraction of sp³-hybridized carbons (Fsp3) is 0.800. The van der Waals surface area contributed by atoms with Gasteiger partial charge >= 0.3 is 5.97 Å². The van der Waals surface area contributed by atoms with Crippen molar-refractivity contribution < 1.29 is 33.7 Å². The minimum atomic E-state index is -1.02. The Morgan fingerprint density at radius 3 is 2.74 bits per heavy atom. The highest BCUT2D eigenvalue weighted by molar-refractivity contribution is 5.98. The van der Waals surface area contributed by atoms with Crippen molar-refractivity contribution in [2.24, 2.45) is 11.8 Å². The molecule has 4 rings (SSSR count). The highest BCUT2D eigenvalue weighted by Crippen LogP contribution is 2.58. The van der Waals surface area contributed by atoms with Crippen molar-refractivity contribution >= 4 is 17.8 Å². The minimum absolute atomic E-state index is 0.0153. The number of nitrogens with zero attached hydrogens (tertiary/aromatic N) is 3. The van der Waals surface area contributed by atoms with Gasteiger partial charge in [0.05, 0.1) is 37.8 Å². The fourth-order valence-corrected chi connectivity index (χ4v) is 6.28. The summed E-state index contributed by atoms with van der Waals surface area (Å²) in [5.74, 6) is -2.20. The van der Waals surface area contributed by atoms with Crippen LogP contribution in [-0.4, -0.2) is 121 Å². The molecule has 10 heteroatoms. The topological polar surface area (TPSA) is 109 Å². The molecule has 1 N–H and O–H groups in total. The van der Waals surface area contributed by atoms with E-state index in [0.29, 0.717) is 65.1 Å². The van der Waals surface area contributed by atoms with Crippen LogP contribution in [0, 0.1) is 11.8 Å². The van der Waals surface area contributed by atoms with Crippen molar-refractivity contribution in [2.45, 2.75) is 50.4 Å². The number of carbonyl (C=O) groups is 3. The highest BCUT2D eigenvalue weighted by Gasteiger charge is 2.74. The molecule has 0 saturated carbocycles. The monoisotopic (exact) mass is 493 g/mol. The first-order valence-corrected chi connectivity index (χ1v) is 12.9. The fourth-order valence-electron chi connectivity index (χ4n) is 6.28. The van der Waals surface area contributed by atoms with Gasteiger partial charge in [-0.05, 0) is 32.6 Å². The van der Waals surface area contributed by atoms with Gasteiger partial charge in [0.2, 0.25) is 11.8 Å². The van der Waals surface area contributed by atoms with E-state index in [1.165, 1.54) is 0 Å². The zero-order chi connectivity index (χ0) is 25.0. The Morgan fingerprint density at radius 1 is 1.29 bits per heavy atom. The van der Waals surface area contributed by atoms with Crippen LogP contribution in [0.5, 0.6) is 0 Å². The molecular weight excluding hydrogens is 454 g/mol. The van der Waals surface area contributed by atoms with Crippen molar-refractivity contribution in [1.29, 1.82) is 0 Å². The van der Waals surface area contributed by atoms with Gasteiger partial charge in [0.15, 0.2) is 0 Å². The zero-order valence-electron chi connectivity index (χ0n) is 20.7. The molecule has 4 aliphatic rings. The van der Waals surface area contributed by atoms with E-state index in [0.717, 1.165) is 13.1 Å². The van der Waals surface area contributed by atoms with Crippen LogP contribution < -0.4 is 0 Å². The van der Waals surface area contributed by atoms with Crippen molar-refractivity contribution in [3.05, 3.63) is 12.7 Å². The number of esters is 1. The van der Waals surface area contributed by atoms with Crippen LogP contribution in [0.1, 0.15) is 32.6 Å². The normalized spacial score (nSPS) is 32.1. The van der Waals surface area contributed by atoms with E-state index in [1.54, 1.807) is 22.8 Å². The van der Waals surface area contributed by atoms with E-state index >= 15 is 0 Å². The van der Waals surface area contributed by atoms with Crippen LogP contribution in [0.25, 0.3) is 0 Å². The molecule has 4 saturated heterocycles. The van der Waals surface area contributed by atoms with Crippen LogP contribution in [0.15, 0.2) is 12.7 Å². The number of unbranched alkanes of at least 4 members (excludes halogenated alkanes) is 1. The summed E-state index contributed by atoms with van der Waals surface area (Å²) in [6.45, 7) is 10.7. The lowest BCUT2D eigenvalue weighted by molar-refractivity contribution is -0.155. The van der Waals surface area contributed by atoms with E-state index in [-0.39, 0.29) is 25.0 Å². The summed E-state index contributed by atoms with van der Waals surface area (Å²) in [5.41, 5.74) is -1.02. The quantitative estimate of drug-likeness (QED) is 0.231. The van der Waals surface area contributed by atoms with Crippen molar-refractivity contribution in [3.63, 3.8) is 0 Å². The van der Waals surface area contributed by atoms with Crippen LogP contribution in [0.3, 0.4) is 0 Å². The third-order valence-electron chi connectivity index (χ3n) is 7.85. The predicted molar refractivity (Wildman–Crippen MR) is 126 cm³/mol. The van der Waals surface area contributed by atoms with Crippen molar-refractivity contribution in [3.8, 4) is 0 Å². The molecule has 2 bridgehead atoms. The zero-order valence-corrected chi connectivity index (χ0v) is 20.7. The van der Waals surface area contributed by atoms with Gasteiger partial charge in [-0.25, -0.2) is 0 Å². The summed E-state index contributed by atoms with van der Waals surface area (Å²) in [7, 11) is 0. The lowest BCUT2D eigenvalue weighted by Gasteiger charge is -2.37. The molecule has 0 aromatic heterocycles. The third kappa shape index (κ3) is 4.85. The van der Waals surface area contributed by atoms with Gasteiger partial charge in [-0.1, -0.05) is 6.08 Å². The van der Waals surface area contributed by atoms with Crippen molar-refractivity contribution in [1.82, 2.24) is 14.7 Å². The lowest BCUT2D eigenvalue weighted by Crippen LogP contribution is -2.57. The van der Waals surface area contributed by atoms with Crippen LogP contribution >= 0.6 is 0 Å². The molecule has 1 spiro atoms. The maximum absolute atomic E-state index is 14.1. The Kier molecular flexibility index (Phi) is 8.46. The van der Waals surface area contributed by atoms with Gasteiger partial charge < -0.3 is 29.1 Å². The molecule has 0 aromatic carbocycles. The molecule has 5 atom stereocenters. The number of rotatable bonds is 12. The van der Waals surface area contributed by atoms with Gasteiger partial charge in [0.1, 0.15) is 11.6 Å². The Morgan fingerprint density at radius 2 is 2.06 bits per heavy atom. The second kappa shape index (κ2) is 11.4. The number of amides is 2. The van der Waals surface area contributed by atoms with E-state index in [4.69, 9.17) is 14.2 Å². The molecule has 2 unspecified atom stereocenters. The Hall–Kier alpha value is -2.01. The molecular formula is C25H39N3O7. The smallest absolute Gasteiger partial charge is 0.312 e. The average molecular weight is 494 g/mol. The average Bonchev–Trinajstić information content (AvgIpc) is 3.50. The summed E-state index contributed by atoms with van der Waals surface area (Å²) >= 11 is 0. The maximum Gasteiger partial charge on any atom is 0.312 e. The van der Waals surface area contributed by atoms with Crippen LogP contribution in [0.2, 0.25) is 0 Å². The van der Waals surface area contributed by atoms with E-state index in [2.05, 4.69) is 11.5 Å². The molecule has 2 amide bonds. The van der Waals surface area contributed by atoms with E-state index in [9.17, 15) is 19.5 Å². The number of fused-ring (bicyclic) bond motifs is 1. The standard InChI is InChI=1S/C25H39N3O7/c1-3-9-27(12-11-26-13-16-33-17-14-26)23(31)21-25-8-7-18(35-25)19(24(32)34-4-2)20(25)22(30)28(21)10-5-6-15-29/h3,18-21,29H,1,4-17H2,2H3/t18-,19+,20+,21?,25?/m1/s1. The maximum atomic E-state index is 14.1. The summed E-state index contributed by atoms with van der Waals surface area (Å²) < 4.78 is 17.1. The molecule has 35 heavy (non-hydrogen) atoms. The summed E-state index contributed by atoms with van der Waals surface area (Å²) in [6, 6.07) is -0.798. The van der Waals surface area contributed by atoms with Crippen LogP contribution in [0.4, 0.5) is 0 Å². The number of hydrogen-bond donors (Lipinski definition) is 1. The molecule has 0 radical (unpaired) electrons. The van der Waals surface area contributed by atoms with Gasteiger partial charge in [-0.3, -0.25) is 19.3 Å². The lowest BCUT2D eigenvalue weighted by atomic mass is 9.70. The van der Waals surface area contributed by atoms with Crippen molar-refractivity contribution in [2.75, 3.05) is 65.7 Å². The molecule has 0 aliphatic carbocycles. The molecule has 196 valence electrons. The second-order valence-corrected chi connectivity index (χ2v) is 9.80. The van der Waals surface area contributed by atoms with Gasteiger partial charge in [0, 0.05) is 45.9 Å². The first-order valence-electron chi connectivity index (χ1n) is 12.9. The Balaban J connectivity index is 1.60. The number of carbonyl (C=O) groups excluding carboxylic acids is 3. The van der Waals surface area contributed by atoms with Gasteiger partial charge in [-0.2, -0.15) is 0 Å². The summed E-state index contributed by atoms with van der Waals surface area (Å²) in [5, 5.41) is 9.28. The van der Waals surface area contributed by atoms with Gasteiger partial charge in [-0.15, -0.1) is 6.58 Å². The first kappa shape index (κ1) is 26.1. The molecule has 4 heterocycles. The molecule has 4 fully saturated rings. The minimum Gasteiger partial charge on any atom is -0.466 e. The number of aliphatic hydroxyl groups excluding tert-OH is 1. The van der Waals surface area contributed by atoms with Crippen LogP contribution in [-0.2, 0) is 28.6 Å². The Labute approximate surface area is 207 Å². The first-order chi connectivity index (χ1) is 17.0. The molecule has 10 nitrogen and oxygen atoms in total. The van der Waals surface area contributed by atoms with E-state index < -0.39 is 35.6 Å². The second-order valence-electron chi connectivity index (χ2n) is 9.80. The SMILES string of the molecule is C=CCN(CCN1CCOCC1)C(=O)C1N(CCCCO)C(=O)[C@@H]2[C@@H](C(=O)OCC)[C@H]3CCC12O3. The number of aliphatic hydroxyl groups is 1. The third-order valence-corrected chi connectivity index (χ3v) is 7.85. The van der Waals surface area contributed by atoms with E-state index in [1.807, 2.05) is 0 Å². The Bertz CT molecular complexity index is 802. The molecule has 4 aliphatic heterocycles. The number of morpholine rings is 1. The predicted octanol–water partition coefficient (Wildman–Crippen LogP) is 0.0434. The highest BCUT2D eigenvalue weighted by atomic mass is 16.6. The summed E-state index contributed by atoms with van der Waals surface area (Å²) in [4.78, 5) is 46.3. The largest absolute Gasteiger partial charge is 0.466 e. The van der Waals surface area contributed by atoms with Gasteiger partial charge in [0.25, 0.3) is 0 Å². The summed E-state index contributed by atoms with van der Waals surface area (Å²) in [6.07, 6.45) is 3.57. The molecule has 0 aromatic rings.